The highest BCUT2D eigenvalue weighted by Crippen LogP contribution is 1.94. The van der Waals surface area contributed by atoms with Crippen LogP contribution in [0.2, 0.25) is 0 Å². The van der Waals surface area contributed by atoms with Crippen molar-refractivity contribution < 1.29 is 9.53 Å². The van der Waals surface area contributed by atoms with Gasteiger partial charge in [-0.25, -0.2) is 0 Å². The van der Waals surface area contributed by atoms with E-state index in [2.05, 4.69) is 10.4 Å². The second kappa shape index (κ2) is 7.00. The normalized spacial score (nSPS) is 10.4. The molecule has 0 saturated carbocycles. The number of nitrogens with zero attached hydrogens (tertiary/aromatic N) is 2. The molecule has 1 heterocycles. The summed E-state index contributed by atoms with van der Waals surface area (Å²) >= 11 is 0. The lowest BCUT2D eigenvalue weighted by Crippen LogP contribution is -2.26. The average Bonchev–Trinajstić information content (AvgIpc) is 2.68. The van der Waals surface area contributed by atoms with Crippen LogP contribution in [0.3, 0.4) is 0 Å². The Morgan fingerprint density at radius 3 is 3.06 bits per heavy atom. The fourth-order valence-electron chi connectivity index (χ4n) is 1.34. The van der Waals surface area contributed by atoms with Gasteiger partial charge in [-0.05, 0) is 19.4 Å². The van der Waals surface area contributed by atoms with Gasteiger partial charge >= 0.3 is 0 Å². The smallest absolute Gasteiger partial charge is 0.221 e. The van der Waals surface area contributed by atoms with Crippen molar-refractivity contribution in [3.63, 3.8) is 0 Å². The van der Waals surface area contributed by atoms with Gasteiger partial charge in [0, 0.05) is 39.4 Å². The molecule has 0 saturated heterocycles. The van der Waals surface area contributed by atoms with Crippen molar-refractivity contribution in [2.75, 3.05) is 20.3 Å². The lowest BCUT2D eigenvalue weighted by atomic mass is 10.3. The molecule has 1 N–H and O–H groups in total. The average molecular weight is 225 g/mol. The molecule has 1 aromatic rings. The van der Waals surface area contributed by atoms with E-state index < -0.39 is 0 Å². The summed E-state index contributed by atoms with van der Waals surface area (Å²) in [6.07, 6.45) is 3.20. The van der Waals surface area contributed by atoms with Crippen LogP contribution in [0.25, 0.3) is 0 Å². The van der Waals surface area contributed by atoms with Crippen LogP contribution in [-0.2, 0) is 16.1 Å². The zero-order chi connectivity index (χ0) is 11.8. The zero-order valence-electron chi connectivity index (χ0n) is 9.90. The molecule has 5 nitrogen and oxygen atoms in total. The third kappa shape index (κ3) is 4.93. The summed E-state index contributed by atoms with van der Waals surface area (Å²) < 4.78 is 6.67. The summed E-state index contributed by atoms with van der Waals surface area (Å²) in [6.45, 7) is 3.91. The highest BCUT2D eigenvalue weighted by molar-refractivity contribution is 5.75. The Hall–Kier alpha value is -1.36. The molecule has 0 aliphatic heterocycles. The van der Waals surface area contributed by atoms with E-state index in [1.165, 1.54) is 0 Å². The first-order valence-electron chi connectivity index (χ1n) is 5.48. The first-order valence-corrected chi connectivity index (χ1v) is 5.48. The summed E-state index contributed by atoms with van der Waals surface area (Å²) in [5.74, 6) is 0.0595. The molecule has 0 spiro atoms. The zero-order valence-corrected chi connectivity index (χ0v) is 9.90. The van der Waals surface area contributed by atoms with Gasteiger partial charge < -0.3 is 10.1 Å². The molecular formula is C11H19N3O2. The molecule has 90 valence electrons. The standard InChI is InChI=1S/C11H19N3O2/c1-10-4-7-14(13-10)8-5-11(15)12-6-3-9-16-2/h4,7H,3,5-6,8-9H2,1-2H3,(H,12,15). The van der Waals surface area contributed by atoms with Gasteiger partial charge in [-0.2, -0.15) is 5.10 Å². The van der Waals surface area contributed by atoms with Gasteiger partial charge in [-0.1, -0.05) is 0 Å². The Bertz CT molecular complexity index is 323. The number of ether oxygens (including phenoxy) is 1. The third-order valence-corrected chi connectivity index (χ3v) is 2.19. The topological polar surface area (TPSA) is 56.1 Å². The summed E-state index contributed by atoms with van der Waals surface area (Å²) in [4.78, 5) is 11.4. The first kappa shape index (κ1) is 12.7. The number of aryl methyl sites for hydroxylation is 2. The summed E-state index contributed by atoms with van der Waals surface area (Å²) in [6, 6.07) is 1.93. The number of amides is 1. The lowest BCUT2D eigenvalue weighted by molar-refractivity contribution is -0.121. The number of hydrogen-bond donors (Lipinski definition) is 1. The van der Waals surface area contributed by atoms with Crippen LogP contribution in [-0.4, -0.2) is 35.9 Å². The maximum absolute atomic E-state index is 11.4. The van der Waals surface area contributed by atoms with Crippen LogP contribution < -0.4 is 5.32 Å². The third-order valence-electron chi connectivity index (χ3n) is 2.19. The number of methoxy groups -OCH3 is 1. The van der Waals surface area contributed by atoms with Crippen LogP contribution in [0.15, 0.2) is 12.3 Å². The highest BCUT2D eigenvalue weighted by Gasteiger charge is 2.01. The van der Waals surface area contributed by atoms with E-state index in [0.717, 1.165) is 12.1 Å². The molecule has 5 heteroatoms. The Morgan fingerprint density at radius 1 is 1.62 bits per heavy atom. The van der Waals surface area contributed by atoms with Gasteiger partial charge in [0.05, 0.1) is 5.69 Å². The van der Waals surface area contributed by atoms with Crippen LogP contribution in [0.4, 0.5) is 0 Å². The summed E-state index contributed by atoms with van der Waals surface area (Å²) in [5, 5.41) is 7.04. The molecule has 1 amide bonds. The van der Waals surface area contributed by atoms with E-state index >= 15 is 0 Å². The van der Waals surface area contributed by atoms with Crippen molar-refractivity contribution >= 4 is 5.91 Å². The molecule has 1 aromatic heterocycles. The minimum Gasteiger partial charge on any atom is -0.385 e. The van der Waals surface area contributed by atoms with E-state index in [4.69, 9.17) is 4.74 Å². The fourth-order valence-corrected chi connectivity index (χ4v) is 1.34. The van der Waals surface area contributed by atoms with E-state index in [1.54, 1.807) is 11.8 Å². The van der Waals surface area contributed by atoms with Gasteiger partial charge in [0.15, 0.2) is 0 Å². The Kier molecular flexibility index (Phi) is 5.56. The second-order valence-corrected chi connectivity index (χ2v) is 3.67. The van der Waals surface area contributed by atoms with Crippen molar-refractivity contribution in [3.8, 4) is 0 Å². The monoisotopic (exact) mass is 225 g/mol. The van der Waals surface area contributed by atoms with Crippen LogP contribution in [0.1, 0.15) is 18.5 Å². The molecule has 0 aromatic carbocycles. The number of hydrogen-bond acceptors (Lipinski definition) is 3. The SMILES string of the molecule is COCCCNC(=O)CCn1ccc(C)n1. The number of carbonyl (C=O) groups excluding carboxylic acids is 1. The number of aromatic nitrogens is 2. The Morgan fingerprint density at radius 2 is 2.44 bits per heavy atom. The number of carbonyl (C=O) groups is 1. The van der Waals surface area contributed by atoms with Crippen LogP contribution >= 0.6 is 0 Å². The van der Waals surface area contributed by atoms with Crippen LogP contribution in [0, 0.1) is 6.92 Å². The van der Waals surface area contributed by atoms with Gasteiger partial charge in [-0.15, -0.1) is 0 Å². The van der Waals surface area contributed by atoms with E-state index in [-0.39, 0.29) is 5.91 Å². The molecule has 1 rings (SSSR count). The van der Waals surface area contributed by atoms with E-state index in [1.807, 2.05) is 19.2 Å². The van der Waals surface area contributed by atoms with Crippen molar-refractivity contribution in [3.05, 3.63) is 18.0 Å². The van der Waals surface area contributed by atoms with Gasteiger partial charge in [0.1, 0.15) is 0 Å². The first-order chi connectivity index (χ1) is 7.72. The van der Waals surface area contributed by atoms with Crippen molar-refractivity contribution in [2.24, 2.45) is 0 Å². The Labute approximate surface area is 95.8 Å². The quantitative estimate of drug-likeness (QED) is 0.696. The molecule has 0 aliphatic rings. The predicted molar refractivity (Wildman–Crippen MR) is 61.1 cm³/mol. The molecule has 0 radical (unpaired) electrons. The largest absolute Gasteiger partial charge is 0.385 e. The van der Waals surface area contributed by atoms with Gasteiger partial charge in [0.25, 0.3) is 0 Å². The molecule has 0 aliphatic carbocycles. The van der Waals surface area contributed by atoms with Crippen LogP contribution in [0.5, 0.6) is 0 Å². The van der Waals surface area contributed by atoms with E-state index in [9.17, 15) is 4.79 Å². The highest BCUT2D eigenvalue weighted by atomic mass is 16.5. The molecule has 16 heavy (non-hydrogen) atoms. The maximum atomic E-state index is 11.4. The summed E-state index contributed by atoms with van der Waals surface area (Å²) in [7, 11) is 1.65. The van der Waals surface area contributed by atoms with Gasteiger partial charge in [0.2, 0.25) is 5.91 Å². The maximum Gasteiger partial charge on any atom is 0.221 e. The molecule has 0 atom stereocenters. The Balaban J connectivity index is 2.10. The minimum atomic E-state index is 0.0595. The number of nitrogens with one attached hydrogen (secondary N) is 1. The fraction of sp³-hybridized carbons (Fsp3) is 0.636. The molecule has 0 unspecified atom stereocenters. The molecular weight excluding hydrogens is 206 g/mol. The van der Waals surface area contributed by atoms with E-state index in [0.29, 0.717) is 26.1 Å². The molecule has 0 fully saturated rings. The minimum absolute atomic E-state index is 0.0595. The van der Waals surface area contributed by atoms with Crippen molar-refractivity contribution in [1.82, 2.24) is 15.1 Å². The summed E-state index contributed by atoms with van der Waals surface area (Å²) in [5.41, 5.74) is 0.973. The number of rotatable bonds is 7. The van der Waals surface area contributed by atoms with Crippen molar-refractivity contribution in [1.29, 1.82) is 0 Å². The molecule has 0 bridgehead atoms. The van der Waals surface area contributed by atoms with Gasteiger partial charge in [-0.3, -0.25) is 9.48 Å². The second-order valence-electron chi connectivity index (χ2n) is 3.67. The lowest BCUT2D eigenvalue weighted by Gasteiger charge is -2.04. The predicted octanol–water partition coefficient (Wildman–Crippen LogP) is 0.734. The van der Waals surface area contributed by atoms with Crippen molar-refractivity contribution in [2.45, 2.75) is 26.3 Å².